The minimum atomic E-state index is -0.873. The first-order chi connectivity index (χ1) is 9.04. The van der Waals surface area contributed by atoms with Gasteiger partial charge in [0.05, 0.1) is 12.7 Å². The molecule has 106 valence electrons. The number of hydrogen-bond donors (Lipinski definition) is 2. The maximum absolute atomic E-state index is 13.1. The fraction of sp³-hybridized carbons (Fsp3) is 0.462. The van der Waals surface area contributed by atoms with E-state index in [2.05, 4.69) is 5.32 Å². The number of carbonyl (C=O) groups is 1. The van der Waals surface area contributed by atoms with E-state index in [1.807, 2.05) is 0 Å². The van der Waals surface area contributed by atoms with Crippen molar-refractivity contribution < 1.29 is 23.8 Å². The molecule has 6 heteroatoms. The van der Waals surface area contributed by atoms with Crippen LogP contribution in [0.4, 0.5) is 4.39 Å². The number of amides is 1. The van der Waals surface area contributed by atoms with Gasteiger partial charge in [0.25, 0.3) is 5.91 Å². The minimum absolute atomic E-state index is 0.199. The van der Waals surface area contributed by atoms with E-state index in [-0.39, 0.29) is 12.5 Å². The van der Waals surface area contributed by atoms with E-state index in [1.54, 1.807) is 0 Å². The molecule has 0 aliphatic rings. The molecule has 1 aromatic carbocycles. The molecule has 0 bridgehead atoms. The van der Waals surface area contributed by atoms with Gasteiger partial charge in [-0.2, -0.15) is 0 Å². The van der Waals surface area contributed by atoms with Crippen LogP contribution in [-0.4, -0.2) is 37.9 Å². The Hall–Kier alpha value is -1.66. The standard InChI is InChI=1S/C13H18FNO4/c1-9(16)11-7-10(14)3-4-12(11)19-8-13(17)15-5-6-18-2/h3-4,7,9,16H,5-6,8H2,1-2H3,(H,15,17)/t9-/m0/s1. The summed E-state index contributed by atoms with van der Waals surface area (Å²) in [5.41, 5.74) is 0.310. The number of aliphatic hydroxyl groups excluding tert-OH is 1. The molecule has 0 unspecified atom stereocenters. The van der Waals surface area contributed by atoms with Crippen LogP contribution in [-0.2, 0) is 9.53 Å². The van der Waals surface area contributed by atoms with Crippen molar-refractivity contribution in [1.82, 2.24) is 5.32 Å². The van der Waals surface area contributed by atoms with Crippen molar-refractivity contribution in [2.24, 2.45) is 0 Å². The largest absolute Gasteiger partial charge is 0.483 e. The zero-order valence-corrected chi connectivity index (χ0v) is 11.0. The first-order valence-corrected chi connectivity index (χ1v) is 5.90. The summed E-state index contributed by atoms with van der Waals surface area (Å²) in [6, 6.07) is 3.78. The molecule has 0 aliphatic carbocycles. The van der Waals surface area contributed by atoms with E-state index in [0.29, 0.717) is 24.5 Å². The van der Waals surface area contributed by atoms with Crippen molar-refractivity contribution >= 4 is 5.91 Å². The lowest BCUT2D eigenvalue weighted by molar-refractivity contribution is -0.123. The highest BCUT2D eigenvalue weighted by Crippen LogP contribution is 2.25. The highest BCUT2D eigenvalue weighted by atomic mass is 19.1. The Morgan fingerprint density at radius 1 is 1.53 bits per heavy atom. The third-order valence-corrected chi connectivity index (χ3v) is 2.41. The number of benzene rings is 1. The van der Waals surface area contributed by atoms with E-state index in [4.69, 9.17) is 9.47 Å². The Morgan fingerprint density at radius 2 is 2.26 bits per heavy atom. The summed E-state index contributed by atoms with van der Waals surface area (Å²) in [5.74, 6) is -0.482. The van der Waals surface area contributed by atoms with Gasteiger partial charge in [-0.05, 0) is 25.1 Å². The topological polar surface area (TPSA) is 67.8 Å². The van der Waals surface area contributed by atoms with Crippen molar-refractivity contribution in [3.63, 3.8) is 0 Å². The maximum Gasteiger partial charge on any atom is 0.258 e. The lowest BCUT2D eigenvalue weighted by Crippen LogP contribution is -2.31. The van der Waals surface area contributed by atoms with Gasteiger partial charge in [-0.15, -0.1) is 0 Å². The van der Waals surface area contributed by atoms with Crippen LogP contribution in [0.25, 0.3) is 0 Å². The van der Waals surface area contributed by atoms with Gasteiger partial charge in [0, 0.05) is 19.2 Å². The summed E-state index contributed by atoms with van der Waals surface area (Å²) in [5, 5.41) is 12.1. The number of carbonyl (C=O) groups excluding carboxylic acids is 1. The van der Waals surface area contributed by atoms with Gasteiger partial charge in [0.15, 0.2) is 6.61 Å². The minimum Gasteiger partial charge on any atom is -0.483 e. The summed E-state index contributed by atoms with van der Waals surface area (Å²) in [6.07, 6.45) is -0.873. The number of rotatable bonds is 7. The first kappa shape index (κ1) is 15.4. The molecule has 0 saturated carbocycles. The van der Waals surface area contributed by atoms with Crippen LogP contribution >= 0.6 is 0 Å². The monoisotopic (exact) mass is 271 g/mol. The normalized spacial score (nSPS) is 12.0. The molecule has 0 aromatic heterocycles. The molecule has 0 saturated heterocycles. The number of aliphatic hydroxyl groups is 1. The van der Waals surface area contributed by atoms with Crippen molar-refractivity contribution in [3.8, 4) is 5.75 Å². The van der Waals surface area contributed by atoms with E-state index in [9.17, 15) is 14.3 Å². The molecule has 1 atom stereocenters. The second-order valence-electron chi connectivity index (χ2n) is 3.99. The van der Waals surface area contributed by atoms with Crippen LogP contribution in [0.2, 0.25) is 0 Å². The Morgan fingerprint density at radius 3 is 2.89 bits per heavy atom. The number of nitrogens with one attached hydrogen (secondary N) is 1. The molecule has 0 fully saturated rings. The van der Waals surface area contributed by atoms with Crippen molar-refractivity contribution in [1.29, 1.82) is 0 Å². The molecule has 2 N–H and O–H groups in total. The summed E-state index contributed by atoms with van der Waals surface area (Å²) in [7, 11) is 1.54. The Labute approximate surface area is 111 Å². The van der Waals surface area contributed by atoms with Crippen LogP contribution in [0.3, 0.4) is 0 Å². The molecular formula is C13H18FNO4. The zero-order valence-electron chi connectivity index (χ0n) is 11.0. The van der Waals surface area contributed by atoms with Crippen molar-refractivity contribution in [3.05, 3.63) is 29.6 Å². The van der Waals surface area contributed by atoms with E-state index in [1.165, 1.54) is 32.2 Å². The van der Waals surface area contributed by atoms with Crippen molar-refractivity contribution in [2.45, 2.75) is 13.0 Å². The second-order valence-corrected chi connectivity index (χ2v) is 3.99. The lowest BCUT2D eigenvalue weighted by Gasteiger charge is -2.13. The highest BCUT2D eigenvalue weighted by Gasteiger charge is 2.12. The van der Waals surface area contributed by atoms with Gasteiger partial charge in [-0.1, -0.05) is 0 Å². The van der Waals surface area contributed by atoms with E-state index < -0.39 is 11.9 Å². The quantitative estimate of drug-likeness (QED) is 0.727. The molecule has 0 heterocycles. The summed E-state index contributed by atoms with van der Waals surface area (Å²) in [4.78, 5) is 11.4. The van der Waals surface area contributed by atoms with Crippen LogP contribution in [0.1, 0.15) is 18.6 Å². The number of ether oxygens (including phenoxy) is 2. The predicted octanol–water partition coefficient (Wildman–Crippen LogP) is 1.02. The van der Waals surface area contributed by atoms with Crippen LogP contribution < -0.4 is 10.1 Å². The second kappa shape index (κ2) is 7.70. The van der Waals surface area contributed by atoms with Gasteiger partial charge in [-0.3, -0.25) is 4.79 Å². The Bertz CT molecular complexity index is 423. The molecule has 19 heavy (non-hydrogen) atoms. The SMILES string of the molecule is COCCNC(=O)COc1ccc(F)cc1[C@H](C)O. The molecule has 1 amide bonds. The maximum atomic E-state index is 13.1. The molecule has 1 rings (SSSR count). The van der Waals surface area contributed by atoms with Gasteiger partial charge >= 0.3 is 0 Å². The summed E-state index contributed by atoms with van der Waals surface area (Å²) in [6.45, 7) is 2.11. The summed E-state index contributed by atoms with van der Waals surface area (Å²) >= 11 is 0. The van der Waals surface area contributed by atoms with Gasteiger partial charge < -0.3 is 19.9 Å². The van der Waals surface area contributed by atoms with Crippen LogP contribution in [0.5, 0.6) is 5.75 Å². The zero-order chi connectivity index (χ0) is 14.3. The molecule has 0 radical (unpaired) electrons. The smallest absolute Gasteiger partial charge is 0.258 e. The number of halogens is 1. The third-order valence-electron chi connectivity index (χ3n) is 2.41. The lowest BCUT2D eigenvalue weighted by atomic mass is 10.1. The molecule has 5 nitrogen and oxygen atoms in total. The Balaban J connectivity index is 2.55. The number of methoxy groups -OCH3 is 1. The van der Waals surface area contributed by atoms with Crippen molar-refractivity contribution in [2.75, 3.05) is 26.9 Å². The molecule has 0 spiro atoms. The highest BCUT2D eigenvalue weighted by molar-refractivity contribution is 5.77. The van der Waals surface area contributed by atoms with E-state index in [0.717, 1.165) is 0 Å². The Kier molecular flexibility index (Phi) is 6.24. The predicted molar refractivity (Wildman–Crippen MR) is 67.4 cm³/mol. The molecule has 1 aromatic rings. The molecule has 0 aliphatic heterocycles. The average Bonchev–Trinajstić information content (AvgIpc) is 2.37. The average molecular weight is 271 g/mol. The van der Waals surface area contributed by atoms with Gasteiger partial charge in [-0.25, -0.2) is 4.39 Å². The molecular weight excluding hydrogens is 253 g/mol. The third kappa shape index (κ3) is 5.23. The van der Waals surface area contributed by atoms with Gasteiger partial charge in [0.2, 0.25) is 0 Å². The summed E-state index contributed by atoms with van der Waals surface area (Å²) < 4.78 is 23.1. The first-order valence-electron chi connectivity index (χ1n) is 5.90. The van der Waals surface area contributed by atoms with Gasteiger partial charge in [0.1, 0.15) is 11.6 Å². The van der Waals surface area contributed by atoms with Crippen LogP contribution in [0, 0.1) is 5.82 Å². The fourth-order valence-corrected chi connectivity index (χ4v) is 1.46. The number of hydrogen-bond acceptors (Lipinski definition) is 4. The van der Waals surface area contributed by atoms with E-state index >= 15 is 0 Å². The van der Waals surface area contributed by atoms with Crippen LogP contribution in [0.15, 0.2) is 18.2 Å². The fourth-order valence-electron chi connectivity index (χ4n) is 1.46.